The van der Waals surface area contributed by atoms with E-state index in [1.807, 2.05) is 0 Å². The second-order valence-electron chi connectivity index (χ2n) is 3.94. The van der Waals surface area contributed by atoms with Crippen LogP contribution in [0, 0.1) is 17.5 Å². The average Bonchev–Trinajstić information content (AvgIpc) is 2.71. The number of hydrogen-bond acceptors (Lipinski definition) is 2. The maximum atomic E-state index is 13.7. The minimum atomic E-state index is -1.06. The van der Waals surface area contributed by atoms with E-state index in [4.69, 9.17) is 23.2 Å². The quantitative estimate of drug-likeness (QED) is 0.632. The molecule has 0 fully saturated rings. The molecule has 0 amide bonds. The van der Waals surface area contributed by atoms with Crippen LogP contribution in [-0.2, 0) is 0 Å². The number of nitrogens with zero attached hydrogens (tertiary/aromatic N) is 3. The molecule has 8 heteroatoms. The first-order chi connectivity index (χ1) is 9.45. The van der Waals surface area contributed by atoms with Crippen LogP contribution >= 0.6 is 23.2 Å². The molecule has 2 heterocycles. The zero-order valence-electron chi connectivity index (χ0n) is 9.54. The minimum Gasteiger partial charge on any atom is -0.273 e. The van der Waals surface area contributed by atoms with Gasteiger partial charge in [-0.05, 0) is 0 Å². The Labute approximate surface area is 120 Å². The first kappa shape index (κ1) is 13.2. The van der Waals surface area contributed by atoms with Gasteiger partial charge in [-0.25, -0.2) is 23.1 Å². The van der Waals surface area contributed by atoms with Gasteiger partial charge < -0.3 is 0 Å². The summed E-state index contributed by atoms with van der Waals surface area (Å²) in [6.45, 7) is 0. The van der Waals surface area contributed by atoms with Crippen LogP contribution in [0.25, 0.3) is 17.0 Å². The van der Waals surface area contributed by atoms with Crippen molar-refractivity contribution in [3.63, 3.8) is 0 Å². The largest absolute Gasteiger partial charge is 0.273 e. The summed E-state index contributed by atoms with van der Waals surface area (Å²) >= 11 is 11.6. The van der Waals surface area contributed by atoms with Crippen molar-refractivity contribution < 1.29 is 13.2 Å². The molecule has 0 saturated heterocycles. The van der Waals surface area contributed by atoms with Crippen LogP contribution < -0.4 is 0 Å². The van der Waals surface area contributed by atoms with E-state index in [1.54, 1.807) is 0 Å². The zero-order chi connectivity index (χ0) is 14.4. The summed E-state index contributed by atoms with van der Waals surface area (Å²) in [7, 11) is 0. The molecule has 102 valence electrons. The zero-order valence-corrected chi connectivity index (χ0v) is 11.1. The molecule has 0 unspecified atom stereocenters. The number of aromatic nitrogens is 3. The predicted octanol–water partition coefficient (Wildman–Crippen LogP) is 4.12. The lowest BCUT2D eigenvalue weighted by molar-refractivity contribution is 0.547. The summed E-state index contributed by atoms with van der Waals surface area (Å²) in [6.07, 6.45) is 1.29. The van der Waals surface area contributed by atoms with Gasteiger partial charge in [0.2, 0.25) is 5.78 Å². The van der Waals surface area contributed by atoms with Crippen molar-refractivity contribution in [3.8, 4) is 11.3 Å². The van der Waals surface area contributed by atoms with Gasteiger partial charge in [-0.1, -0.05) is 23.2 Å². The highest BCUT2D eigenvalue weighted by molar-refractivity contribution is 6.33. The van der Waals surface area contributed by atoms with Crippen LogP contribution in [0.4, 0.5) is 13.2 Å². The Morgan fingerprint density at radius 3 is 2.25 bits per heavy atom. The van der Waals surface area contributed by atoms with Crippen molar-refractivity contribution in [1.82, 2.24) is 14.4 Å². The second kappa shape index (κ2) is 4.64. The number of hydrogen-bond donors (Lipinski definition) is 0. The van der Waals surface area contributed by atoms with Gasteiger partial charge in [0.1, 0.15) is 27.8 Å². The van der Waals surface area contributed by atoms with Crippen molar-refractivity contribution >= 4 is 29.0 Å². The van der Waals surface area contributed by atoms with E-state index in [0.717, 1.165) is 0 Å². The van der Waals surface area contributed by atoms with Gasteiger partial charge in [-0.2, -0.15) is 0 Å². The van der Waals surface area contributed by atoms with Gasteiger partial charge in [0, 0.05) is 24.4 Å². The molecular weight excluding hydrogens is 314 g/mol. The molecule has 3 rings (SSSR count). The van der Waals surface area contributed by atoms with E-state index >= 15 is 0 Å². The van der Waals surface area contributed by atoms with Gasteiger partial charge >= 0.3 is 0 Å². The fourth-order valence-electron chi connectivity index (χ4n) is 1.81. The average molecular weight is 318 g/mol. The molecule has 0 N–H and O–H groups in total. The second-order valence-corrected chi connectivity index (χ2v) is 4.72. The normalized spacial score (nSPS) is 11.2. The number of imidazole rings is 1. The first-order valence-electron chi connectivity index (χ1n) is 5.32. The lowest BCUT2D eigenvalue weighted by atomic mass is 10.1. The summed E-state index contributed by atoms with van der Waals surface area (Å²) in [5.74, 6) is -3.05. The third kappa shape index (κ3) is 2.10. The topological polar surface area (TPSA) is 30.2 Å². The van der Waals surface area contributed by atoms with Crippen molar-refractivity contribution in [2.45, 2.75) is 0 Å². The van der Waals surface area contributed by atoms with E-state index in [-0.39, 0.29) is 21.8 Å². The Bertz CT molecular complexity index is 809. The van der Waals surface area contributed by atoms with E-state index in [0.29, 0.717) is 12.1 Å². The number of halogens is 5. The van der Waals surface area contributed by atoms with Gasteiger partial charge in [0.25, 0.3) is 0 Å². The summed E-state index contributed by atoms with van der Waals surface area (Å²) in [6, 6.07) is 2.51. The lowest BCUT2D eigenvalue weighted by Gasteiger charge is -2.01. The lowest BCUT2D eigenvalue weighted by Crippen LogP contribution is -1.92. The molecule has 0 radical (unpaired) electrons. The Morgan fingerprint density at radius 1 is 0.950 bits per heavy atom. The molecule has 0 aliphatic heterocycles. The summed E-state index contributed by atoms with van der Waals surface area (Å²) < 4.78 is 41.6. The Hall–Kier alpha value is -1.79. The molecule has 0 atom stereocenters. The number of fused-ring (bicyclic) bond motifs is 1. The van der Waals surface area contributed by atoms with Crippen molar-refractivity contribution in [2.75, 3.05) is 0 Å². The Kier molecular flexibility index (Phi) is 3.07. The summed E-state index contributed by atoms with van der Waals surface area (Å²) in [5, 5.41) is 0.279. The molecular formula is C12H4Cl2F3N3. The highest BCUT2D eigenvalue weighted by Gasteiger charge is 2.18. The van der Waals surface area contributed by atoms with E-state index in [1.165, 1.54) is 16.7 Å². The van der Waals surface area contributed by atoms with E-state index in [9.17, 15) is 13.2 Å². The molecule has 0 spiro atoms. The standard InChI is InChI=1S/C12H4Cl2F3N3/c13-9-3-10(14)20-4-8(18-12(20)19-9)11-6(16)1-5(15)2-7(11)17/h1-4H. The Morgan fingerprint density at radius 2 is 1.60 bits per heavy atom. The van der Waals surface area contributed by atoms with Crippen molar-refractivity contribution in [3.05, 3.63) is 52.2 Å². The van der Waals surface area contributed by atoms with Crippen molar-refractivity contribution in [2.24, 2.45) is 0 Å². The fraction of sp³-hybridized carbons (Fsp3) is 0. The SMILES string of the molecule is Fc1cc(F)c(-c2cn3c(Cl)cc(Cl)nc3n2)c(F)c1. The maximum absolute atomic E-state index is 13.7. The number of benzene rings is 1. The molecule has 2 aromatic heterocycles. The highest BCUT2D eigenvalue weighted by Crippen LogP contribution is 2.28. The van der Waals surface area contributed by atoms with Gasteiger partial charge in [0.05, 0.1) is 11.3 Å². The van der Waals surface area contributed by atoms with Gasteiger partial charge in [0.15, 0.2) is 0 Å². The molecule has 0 bridgehead atoms. The van der Waals surface area contributed by atoms with Crippen LogP contribution in [0.15, 0.2) is 24.4 Å². The first-order valence-corrected chi connectivity index (χ1v) is 6.07. The molecule has 0 saturated carbocycles. The van der Waals surface area contributed by atoms with Crippen LogP contribution in [0.1, 0.15) is 0 Å². The highest BCUT2D eigenvalue weighted by atomic mass is 35.5. The van der Waals surface area contributed by atoms with E-state index < -0.39 is 23.0 Å². The summed E-state index contributed by atoms with van der Waals surface area (Å²) in [5.41, 5.74) is -0.513. The van der Waals surface area contributed by atoms with Crippen molar-refractivity contribution in [1.29, 1.82) is 0 Å². The van der Waals surface area contributed by atoms with E-state index in [2.05, 4.69) is 9.97 Å². The number of rotatable bonds is 1. The fourth-order valence-corrected chi connectivity index (χ4v) is 2.27. The molecule has 0 aliphatic rings. The molecule has 20 heavy (non-hydrogen) atoms. The van der Waals surface area contributed by atoms with Crippen LogP contribution in [0.2, 0.25) is 10.3 Å². The third-order valence-electron chi connectivity index (χ3n) is 2.63. The molecule has 3 aromatic rings. The molecule has 3 nitrogen and oxygen atoms in total. The maximum Gasteiger partial charge on any atom is 0.236 e. The Balaban J connectivity index is 2.28. The summed E-state index contributed by atoms with van der Waals surface area (Å²) in [4.78, 5) is 7.81. The monoisotopic (exact) mass is 317 g/mol. The predicted molar refractivity (Wildman–Crippen MR) is 68.3 cm³/mol. The van der Waals surface area contributed by atoms with Crippen LogP contribution in [-0.4, -0.2) is 14.4 Å². The van der Waals surface area contributed by atoms with Crippen LogP contribution in [0.5, 0.6) is 0 Å². The molecule has 1 aromatic carbocycles. The van der Waals surface area contributed by atoms with Gasteiger partial charge in [-0.3, -0.25) is 4.40 Å². The third-order valence-corrected chi connectivity index (χ3v) is 3.11. The van der Waals surface area contributed by atoms with Crippen LogP contribution in [0.3, 0.4) is 0 Å². The van der Waals surface area contributed by atoms with Gasteiger partial charge in [-0.15, -0.1) is 0 Å². The minimum absolute atomic E-state index is 0.0586. The smallest absolute Gasteiger partial charge is 0.236 e. The molecule has 0 aliphatic carbocycles.